The Hall–Kier alpha value is -1.40. The van der Waals surface area contributed by atoms with Crippen LogP contribution in [-0.2, 0) is 16.4 Å². The van der Waals surface area contributed by atoms with Crippen molar-refractivity contribution in [2.24, 2.45) is 7.05 Å². The molecule has 0 aliphatic carbocycles. The Kier molecular flexibility index (Phi) is 3.38. The Morgan fingerprint density at radius 2 is 1.73 bits per heavy atom. The Morgan fingerprint density at radius 1 is 1.14 bits per heavy atom. The summed E-state index contributed by atoms with van der Waals surface area (Å²) in [6.07, 6.45) is 1.83. The molecule has 22 heavy (non-hydrogen) atoms. The molecule has 3 heterocycles. The molecule has 1 aliphatic rings. The van der Waals surface area contributed by atoms with Gasteiger partial charge in [0.1, 0.15) is 11.3 Å². The van der Waals surface area contributed by atoms with Crippen LogP contribution in [0.25, 0.3) is 11.2 Å². The van der Waals surface area contributed by atoms with Crippen molar-refractivity contribution >= 4 is 23.7 Å². The molecule has 1 fully saturated rings. The first kappa shape index (κ1) is 15.5. The fourth-order valence-electron chi connectivity index (χ4n) is 2.73. The molecule has 0 atom stereocenters. The molecule has 0 spiro atoms. The minimum Gasteiger partial charge on any atom is -0.399 e. The van der Waals surface area contributed by atoms with Gasteiger partial charge < -0.3 is 13.9 Å². The van der Waals surface area contributed by atoms with E-state index in [1.807, 2.05) is 23.9 Å². The Balaban J connectivity index is 2.00. The van der Waals surface area contributed by atoms with Crippen LogP contribution in [0, 0.1) is 0 Å². The molecule has 3 rings (SSSR count). The molecule has 2 aromatic heterocycles. The first-order valence-electron chi connectivity index (χ1n) is 7.80. The first-order chi connectivity index (χ1) is 10.1. The summed E-state index contributed by atoms with van der Waals surface area (Å²) in [5.74, 6) is 1.40. The third-order valence-electron chi connectivity index (χ3n) is 4.81. The number of fused-ring (bicyclic) bond motifs is 1. The largest absolute Gasteiger partial charge is 0.496 e. The topological polar surface area (TPSA) is 49.2 Å². The number of hydrogen-bond donors (Lipinski definition) is 0. The van der Waals surface area contributed by atoms with Gasteiger partial charge in [-0.15, -0.1) is 0 Å². The number of aromatic nitrogens is 3. The van der Waals surface area contributed by atoms with E-state index in [1.165, 1.54) is 0 Å². The number of imidazole rings is 1. The minimum absolute atomic E-state index is 0.347. The molecule has 0 unspecified atom stereocenters. The Labute approximate surface area is 132 Å². The summed E-state index contributed by atoms with van der Waals surface area (Å²) in [5.41, 5.74) is 2.00. The van der Waals surface area contributed by atoms with Crippen LogP contribution in [0.15, 0.2) is 12.3 Å². The van der Waals surface area contributed by atoms with E-state index in [1.54, 1.807) is 0 Å². The average Bonchev–Trinajstić information content (AvgIpc) is 2.84. The highest BCUT2D eigenvalue weighted by Crippen LogP contribution is 2.36. The van der Waals surface area contributed by atoms with Gasteiger partial charge in [-0.2, -0.15) is 0 Å². The highest BCUT2D eigenvalue weighted by atomic mass is 16.7. The van der Waals surface area contributed by atoms with Crippen LogP contribution >= 0.6 is 0 Å². The molecule has 6 heteroatoms. The predicted molar refractivity (Wildman–Crippen MR) is 88.3 cm³/mol. The molecule has 5 nitrogen and oxygen atoms in total. The van der Waals surface area contributed by atoms with Crippen LogP contribution in [0.4, 0.5) is 0 Å². The third-order valence-corrected chi connectivity index (χ3v) is 4.81. The highest BCUT2D eigenvalue weighted by molar-refractivity contribution is 6.62. The average molecular weight is 301 g/mol. The summed E-state index contributed by atoms with van der Waals surface area (Å²) < 4.78 is 14.2. The van der Waals surface area contributed by atoms with Crippen LogP contribution in [0.1, 0.15) is 53.3 Å². The van der Waals surface area contributed by atoms with E-state index in [0.29, 0.717) is 5.92 Å². The second-order valence-electron chi connectivity index (χ2n) is 7.38. The molecule has 0 amide bonds. The van der Waals surface area contributed by atoms with E-state index in [0.717, 1.165) is 22.5 Å². The van der Waals surface area contributed by atoms with Gasteiger partial charge in [-0.3, -0.25) is 0 Å². The Bertz CT molecular complexity index is 705. The van der Waals surface area contributed by atoms with E-state index in [9.17, 15) is 0 Å². The van der Waals surface area contributed by atoms with Gasteiger partial charge in [0.25, 0.3) is 0 Å². The lowest BCUT2D eigenvalue weighted by atomic mass is 9.80. The summed E-state index contributed by atoms with van der Waals surface area (Å²) in [6, 6.07) is 2.02. The van der Waals surface area contributed by atoms with Gasteiger partial charge in [-0.1, -0.05) is 13.8 Å². The van der Waals surface area contributed by atoms with Crippen LogP contribution in [0.3, 0.4) is 0 Å². The summed E-state index contributed by atoms with van der Waals surface area (Å²) in [7, 11) is 1.61. The van der Waals surface area contributed by atoms with Gasteiger partial charge >= 0.3 is 7.12 Å². The van der Waals surface area contributed by atoms with Gasteiger partial charge in [0, 0.05) is 24.6 Å². The first-order valence-corrected chi connectivity index (χ1v) is 7.80. The maximum atomic E-state index is 6.09. The van der Waals surface area contributed by atoms with Crippen LogP contribution in [0.5, 0.6) is 0 Å². The van der Waals surface area contributed by atoms with Gasteiger partial charge in [-0.25, -0.2) is 9.97 Å². The van der Waals surface area contributed by atoms with Crippen molar-refractivity contribution in [2.75, 3.05) is 0 Å². The van der Waals surface area contributed by atoms with Crippen molar-refractivity contribution in [3.05, 3.63) is 18.1 Å². The van der Waals surface area contributed by atoms with Crippen molar-refractivity contribution in [2.45, 2.75) is 58.7 Å². The molecule has 118 valence electrons. The summed E-state index contributed by atoms with van der Waals surface area (Å²) in [4.78, 5) is 9.27. The SMILES string of the molecule is CC(C)c1nc2cc(B3OC(C)(C)C(C)(C)O3)cnc2n1C. The van der Waals surface area contributed by atoms with E-state index in [-0.39, 0.29) is 11.2 Å². The van der Waals surface area contributed by atoms with Gasteiger partial charge in [-0.05, 0) is 33.8 Å². The van der Waals surface area contributed by atoms with Crippen molar-refractivity contribution in [3.63, 3.8) is 0 Å². The van der Waals surface area contributed by atoms with Crippen LogP contribution in [-0.4, -0.2) is 32.9 Å². The number of rotatable bonds is 2. The molecule has 0 radical (unpaired) electrons. The maximum absolute atomic E-state index is 6.09. The van der Waals surface area contributed by atoms with E-state index < -0.39 is 7.12 Å². The second kappa shape index (κ2) is 4.80. The number of hydrogen-bond acceptors (Lipinski definition) is 4. The minimum atomic E-state index is -0.397. The third kappa shape index (κ3) is 2.25. The second-order valence-corrected chi connectivity index (χ2v) is 7.38. The smallest absolute Gasteiger partial charge is 0.399 e. The fourth-order valence-corrected chi connectivity index (χ4v) is 2.73. The predicted octanol–water partition coefficient (Wildman–Crippen LogP) is 2.39. The zero-order valence-corrected chi connectivity index (χ0v) is 14.5. The van der Waals surface area contributed by atoms with Gasteiger partial charge in [0.15, 0.2) is 5.65 Å². The van der Waals surface area contributed by atoms with Gasteiger partial charge in [0.2, 0.25) is 0 Å². The molecule has 0 saturated carbocycles. The molecular formula is C16H24BN3O2. The standard InChI is InChI=1S/C16H24BN3O2/c1-10(2)13-19-12-8-11(9-18-14(12)20(13)7)17-21-15(3,4)16(5,6)22-17/h8-10H,1-7H3. The lowest BCUT2D eigenvalue weighted by Crippen LogP contribution is -2.41. The number of pyridine rings is 1. The van der Waals surface area contributed by atoms with Crippen molar-refractivity contribution in [1.29, 1.82) is 0 Å². The normalized spacial score (nSPS) is 20.3. The van der Waals surface area contributed by atoms with E-state index in [4.69, 9.17) is 14.3 Å². The Morgan fingerprint density at radius 3 is 2.27 bits per heavy atom. The molecule has 1 saturated heterocycles. The van der Waals surface area contributed by atoms with Crippen LogP contribution in [0.2, 0.25) is 0 Å². The quantitative estimate of drug-likeness (QED) is 0.799. The number of nitrogens with zero attached hydrogens (tertiary/aromatic N) is 3. The van der Waals surface area contributed by atoms with Crippen LogP contribution < -0.4 is 5.46 Å². The number of aryl methyl sites for hydroxylation is 1. The molecule has 2 aromatic rings. The molecule has 0 N–H and O–H groups in total. The molecule has 1 aliphatic heterocycles. The zero-order valence-electron chi connectivity index (χ0n) is 14.5. The zero-order chi connectivity index (χ0) is 16.3. The van der Waals surface area contributed by atoms with Crippen molar-refractivity contribution in [1.82, 2.24) is 14.5 Å². The monoisotopic (exact) mass is 301 g/mol. The van der Waals surface area contributed by atoms with E-state index in [2.05, 4.69) is 46.5 Å². The lowest BCUT2D eigenvalue weighted by molar-refractivity contribution is 0.00578. The maximum Gasteiger partial charge on any atom is 0.496 e. The molecule has 0 aromatic carbocycles. The molecule has 0 bridgehead atoms. The fraction of sp³-hybridized carbons (Fsp3) is 0.625. The van der Waals surface area contributed by atoms with Gasteiger partial charge in [0.05, 0.1) is 11.2 Å². The summed E-state index contributed by atoms with van der Waals surface area (Å²) in [5, 5.41) is 0. The summed E-state index contributed by atoms with van der Waals surface area (Å²) >= 11 is 0. The summed E-state index contributed by atoms with van der Waals surface area (Å²) in [6.45, 7) is 12.5. The van der Waals surface area contributed by atoms with E-state index >= 15 is 0 Å². The van der Waals surface area contributed by atoms with Crippen molar-refractivity contribution < 1.29 is 9.31 Å². The van der Waals surface area contributed by atoms with Crippen molar-refractivity contribution in [3.8, 4) is 0 Å². The lowest BCUT2D eigenvalue weighted by Gasteiger charge is -2.32. The molecular weight excluding hydrogens is 277 g/mol. The highest BCUT2D eigenvalue weighted by Gasteiger charge is 2.51.